The first kappa shape index (κ1) is 13.3. The van der Waals surface area contributed by atoms with Crippen molar-refractivity contribution in [1.82, 2.24) is 0 Å². The van der Waals surface area contributed by atoms with Gasteiger partial charge < -0.3 is 14.6 Å². The third-order valence-corrected chi connectivity index (χ3v) is 3.24. The first-order chi connectivity index (χ1) is 8.49. The van der Waals surface area contributed by atoms with Gasteiger partial charge in [0, 0.05) is 17.0 Å². The van der Waals surface area contributed by atoms with Crippen LogP contribution in [0.3, 0.4) is 0 Å². The Morgan fingerprint density at radius 2 is 2.17 bits per heavy atom. The highest BCUT2D eigenvalue weighted by atomic mass is 35.5. The van der Waals surface area contributed by atoms with E-state index in [1.165, 1.54) is 0 Å². The average Bonchev–Trinajstić information content (AvgIpc) is 2.71. The van der Waals surface area contributed by atoms with Crippen LogP contribution in [-0.2, 0) is 20.1 Å². The van der Waals surface area contributed by atoms with Crippen molar-refractivity contribution < 1.29 is 19.4 Å². The molecule has 1 aromatic rings. The molecule has 0 spiro atoms. The van der Waals surface area contributed by atoms with Gasteiger partial charge in [0.1, 0.15) is 0 Å². The standard InChI is InChI=1S/C13H15ClO4/c1-13(9-2-4-10(14)5-3-9)17-8-11(18-13)6-7-12(15)16/h2-5,11H,6-8H2,1H3,(H,15,16). The summed E-state index contributed by atoms with van der Waals surface area (Å²) < 4.78 is 11.4. The molecule has 1 saturated heterocycles. The van der Waals surface area contributed by atoms with Gasteiger partial charge >= 0.3 is 5.97 Å². The van der Waals surface area contributed by atoms with Crippen LogP contribution in [0.4, 0.5) is 0 Å². The zero-order valence-corrected chi connectivity index (χ0v) is 10.8. The SMILES string of the molecule is CC1(c2ccc(Cl)cc2)OCC(CCC(=O)O)O1. The van der Waals surface area contributed by atoms with E-state index in [1.807, 2.05) is 19.1 Å². The van der Waals surface area contributed by atoms with E-state index >= 15 is 0 Å². The number of carbonyl (C=O) groups is 1. The Labute approximate surface area is 110 Å². The highest BCUT2D eigenvalue weighted by molar-refractivity contribution is 6.30. The van der Waals surface area contributed by atoms with E-state index in [2.05, 4.69) is 0 Å². The summed E-state index contributed by atoms with van der Waals surface area (Å²) in [4.78, 5) is 10.5. The largest absolute Gasteiger partial charge is 0.481 e. The Morgan fingerprint density at radius 3 is 2.78 bits per heavy atom. The third-order valence-electron chi connectivity index (χ3n) is 2.98. The molecule has 0 bridgehead atoms. The summed E-state index contributed by atoms with van der Waals surface area (Å²) >= 11 is 5.83. The number of hydrogen-bond donors (Lipinski definition) is 1. The molecule has 0 radical (unpaired) electrons. The van der Waals surface area contributed by atoms with E-state index in [-0.39, 0.29) is 12.5 Å². The molecule has 0 aromatic heterocycles. The van der Waals surface area contributed by atoms with Crippen LogP contribution >= 0.6 is 11.6 Å². The lowest BCUT2D eigenvalue weighted by atomic mass is 10.1. The number of carboxylic acids is 1. The van der Waals surface area contributed by atoms with E-state index in [0.29, 0.717) is 18.1 Å². The van der Waals surface area contributed by atoms with Gasteiger partial charge in [-0.1, -0.05) is 23.7 Å². The number of rotatable bonds is 4. The molecule has 98 valence electrons. The molecular weight excluding hydrogens is 256 g/mol. The second kappa shape index (κ2) is 5.26. The van der Waals surface area contributed by atoms with Crippen LogP contribution in [-0.4, -0.2) is 23.8 Å². The van der Waals surface area contributed by atoms with E-state index in [4.69, 9.17) is 26.2 Å². The zero-order chi connectivity index (χ0) is 13.2. The van der Waals surface area contributed by atoms with E-state index in [1.54, 1.807) is 12.1 Å². The van der Waals surface area contributed by atoms with Crippen molar-refractivity contribution >= 4 is 17.6 Å². The molecule has 1 aliphatic rings. The van der Waals surface area contributed by atoms with Crippen LogP contribution in [0.5, 0.6) is 0 Å². The lowest BCUT2D eigenvalue weighted by Crippen LogP contribution is -2.24. The summed E-state index contributed by atoms with van der Waals surface area (Å²) in [5.74, 6) is -1.63. The van der Waals surface area contributed by atoms with E-state index < -0.39 is 11.8 Å². The minimum Gasteiger partial charge on any atom is -0.481 e. The molecule has 1 aromatic carbocycles. The topological polar surface area (TPSA) is 55.8 Å². The summed E-state index contributed by atoms with van der Waals surface area (Å²) in [6.07, 6.45) is 0.366. The fourth-order valence-corrected chi connectivity index (χ4v) is 2.09. The van der Waals surface area contributed by atoms with E-state index in [0.717, 1.165) is 5.56 Å². The second-order valence-corrected chi connectivity index (χ2v) is 4.87. The number of hydrogen-bond acceptors (Lipinski definition) is 3. The maximum absolute atomic E-state index is 10.5. The Morgan fingerprint density at radius 1 is 1.50 bits per heavy atom. The normalized spacial score (nSPS) is 27.3. The predicted molar refractivity (Wildman–Crippen MR) is 66.5 cm³/mol. The molecule has 0 saturated carbocycles. The molecule has 0 aliphatic carbocycles. The van der Waals surface area contributed by atoms with Crippen molar-refractivity contribution in [2.75, 3.05) is 6.61 Å². The van der Waals surface area contributed by atoms with Gasteiger partial charge in [0.25, 0.3) is 0 Å². The minimum absolute atomic E-state index is 0.0880. The quantitative estimate of drug-likeness (QED) is 0.914. The van der Waals surface area contributed by atoms with Gasteiger partial charge in [0.05, 0.1) is 12.7 Å². The van der Waals surface area contributed by atoms with Crippen LogP contribution in [0.15, 0.2) is 24.3 Å². The molecule has 1 fully saturated rings. The number of ether oxygens (including phenoxy) is 2. The molecule has 1 N–H and O–H groups in total. The lowest BCUT2D eigenvalue weighted by molar-refractivity contribution is -0.163. The van der Waals surface area contributed by atoms with Crippen molar-refractivity contribution in [2.24, 2.45) is 0 Å². The van der Waals surface area contributed by atoms with Crippen LogP contribution in [0.25, 0.3) is 0 Å². The van der Waals surface area contributed by atoms with Gasteiger partial charge in [0.15, 0.2) is 5.79 Å². The highest BCUT2D eigenvalue weighted by Gasteiger charge is 2.38. The van der Waals surface area contributed by atoms with Gasteiger partial charge in [-0.25, -0.2) is 0 Å². The average molecular weight is 271 g/mol. The second-order valence-electron chi connectivity index (χ2n) is 4.44. The lowest BCUT2D eigenvalue weighted by Gasteiger charge is -2.23. The molecule has 2 atom stereocenters. The summed E-state index contributed by atoms with van der Waals surface area (Å²) in [5, 5.41) is 9.30. The Kier molecular flexibility index (Phi) is 3.90. The smallest absolute Gasteiger partial charge is 0.303 e. The van der Waals surface area contributed by atoms with Crippen molar-refractivity contribution in [2.45, 2.75) is 31.7 Å². The molecule has 2 rings (SSSR count). The monoisotopic (exact) mass is 270 g/mol. The van der Waals surface area contributed by atoms with Crippen LogP contribution in [0, 0.1) is 0 Å². The molecule has 2 unspecified atom stereocenters. The maximum Gasteiger partial charge on any atom is 0.303 e. The Hall–Kier alpha value is -1.10. The molecule has 0 amide bonds. The van der Waals surface area contributed by atoms with Crippen molar-refractivity contribution in [3.8, 4) is 0 Å². The first-order valence-corrected chi connectivity index (χ1v) is 6.17. The van der Waals surface area contributed by atoms with Gasteiger partial charge in [-0.15, -0.1) is 0 Å². The number of halogens is 1. The third kappa shape index (κ3) is 3.02. The summed E-state index contributed by atoms with van der Waals surface area (Å²) in [6.45, 7) is 2.24. The number of benzene rings is 1. The fraction of sp³-hybridized carbons (Fsp3) is 0.462. The predicted octanol–water partition coefficient (Wildman–Crippen LogP) is 2.79. The summed E-state index contributed by atoms with van der Waals surface area (Å²) in [7, 11) is 0. The molecule has 1 aliphatic heterocycles. The highest BCUT2D eigenvalue weighted by Crippen LogP contribution is 2.35. The first-order valence-electron chi connectivity index (χ1n) is 5.79. The van der Waals surface area contributed by atoms with Gasteiger partial charge in [-0.2, -0.15) is 0 Å². The van der Waals surface area contributed by atoms with Crippen molar-refractivity contribution in [3.05, 3.63) is 34.9 Å². The fourth-order valence-electron chi connectivity index (χ4n) is 1.97. The van der Waals surface area contributed by atoms with Gasteiger partial charge in [-0.05, 0) is 25.5 Å². The molecule has 5 heteroatoms. The number of aliphatic carboxylic acids is 1. The molecule has 1 heterocycles. The van der Waals surface area contributed by atoms with Gasteiger partial charge in [-0.3, -0.25) is 4.79 Å². The zero-order valence-electron chi connectivity index (χ0n) is 10.1. The molecule has 18 heavy (non-hydrogen) atoms. The van der Waals surface area contributed by atoms with Crippen LogP contribution < -0.4 is 0 Å². The minimum atomic E-state index is -0.821. The molecule has 4 nitrogen and oxygen atoms in total. The summed E-state index contributed by atoms with van der Waals surface area (Å²) in [6, 6.07) is 7.25. The maximum atomic E-state index is 10.5. The molecular formula is C13H15ClO4. The van der Waals surface area contributed by atoms with E-state index in [9.17, 15) is 4.79 Å². The van der Waals surface area contributed by atoms with Crippen LogP contribution in [0.1, 0.15) is 25.3 Å². The van der Waals surface area contributed by atoms with Crippen LogP contribution in [0.2, 0.25) is 5.02 Å². The van der Waals surface area contributed by atoms with Crippen molar-refractivity contribution in [1.29, 1.82) is 0 Å². The van der Waals surface area contributed by atoms with Crippen molar-refractivity contribution in [3.63, 3.8) is 0 Å². The number of carboxylic acid groups (broad SMARTS) is 1. The Bertz CT molecular complexity index is 431. The Balaban J connectivity index is 2.01. The summed E-state index contributed by atoms with van der Waals surface area (Å²) in [5.41, 5.74) is 0.879. The van der Waals surface area contributed by atoms with Gasteiger partial charge in [0.2, 0.25) is 0 Å².